The van der Waals surface area contributed by atoms with Crippen molar-refractivity contribution in [1.29, 1.82) is 0 Å². The Balaban J connectivity index is 1.72. The van der Waals surface area contributed by atoms with Crippen molar-refractivity contribution in [2.24, 2.45) is 5.41 Å². The van der Waals surface area contributed by atoms with E-state index in [1.807, 2.05) is 24.3 Å². The highest BCUT2D eigenvalue weighted by atomic mass is 32.2. The number of hydrogen-bond donors (Lipinski definition) is 1. The maximum atomic E-state index is 13.8. The van der Waals surface area contributed by atoms with E-state index >= 15 is 0 Å². The third-order valence-corrected chi connectivity index (χ3v) is 12.0. The molecule has 0 fully saturated rings. The molecule has 1 N–H and O–H groups in total. The normalized spacial score (nSPS) is 11.8. The number of carbonyl (C=O) groups excluding carboxylic acids is 1. The van der Waals surface area contributed by atoms with Crippen LogP contribution >= 0.6 is 12.0 Å². The number of benzene rings is 1. The van der Waals surface area contributed by atoms with E-state index in [1.165, 1.54) is 167 Å². The molecule has 0 saturated carbocycles. The molecule has 0 radical (unpaired) electrons. The minimum absolute atomic E-state index is 0.197. The van der Waals surface area contributed by atoms with Crippen molar-refractivity contribution in [3.05, 3.63) is 24.3 Å². The molecule has 1 aromatic carbocycles. The maximum Gasteiger partial charge on any atom is 0.325 e. The number of aromatic nitrogens is 1. The van der Waals surface area contributed by atoms with Gasteiger partial charge < -0.3 is 13.7 Å². The van der Waals surface area contributed by atoms with Gasteiger partial charge in [0.1, 0.15) is 5.52 Å². The van der Waals surface area contributed by atoms with Gasteiger partial charge in [0.25, 0.3) is 5.22 Å². The highest BCUT2D eigenvalue weighted by molar-refractivity contribution is 7.94. The fourth-order valence-corrected chi connectivity index (χ4v) is 8.52. The summed E-state index contributed by atoms with van der Waals surface area (Å²) in [6, 6.07) is 7.45. The summed E-state index contributed by atoms with van der Waals surface area (Å²) in [5.74, 6) is -1.38. The Morgan fingerprint density at radius 2 is 0.926 bits per heavy atom. The van der Waals surface area contributed by atoms with Crippen molar-refractivity contribution in [2.45, 2.75) is 244 Å². The van der Waals surface area contributed by atoms with Crippen LogP contribution in [0.3, 0.4) is 0 Å². The van der Waals surface area contributed by atoms with Crippen LogP contribution in [0.5, 0.6) is 0 Å². The van der Waals surface area contributed by atoms with Crippen LogP contribution in [0.1, 0.15) is 239 Å². The van der Waals surface area contributed by atoms with Crippen LogP contribution in [0.4, 0.5) is 0 Å². The van der Waals surface area contributed by atoms with Crippen molar-refractivity contribution in [3.8, 4) is 0 Å². The lowest BCUT2D eigenvalue weighted by Gasteiger charge is -2.29. The van der Waals surface area contributed by atoms with E-state index in [0.29, 0.717) is 23.9 Å². The van der Waals surface area contributed by atoms with E-state index in [-0.39, 0.29) is 11.6 Å². The Hall–Kier alpha value is -2.02. The summed E-state index contributed by atoms with van der Waals surface area (Å²) < 4.78 is 11.5. The fraction of sp³-hybridized carbons (Fsp3) is 0.809. The second-order valence-corrected chi connectivity index (χ2v) is 17.0. The third kappa shape index (κ3) is 23.8. The number of fused-ring (bicyclic) bond motifs is 1. The molecule has 7 heteroatoms. The standard InChI is InChI=1S/C47H81NO5S/c1-3-5-7-9-11-13-15-17-19-21-23-25-27-29-31-35-39-47(41-44(49)50,45(51)53-54-46-48-42-37-33-34-38-43(42)52-46)40-36-32-30-28-26-24-22-20-18-16-14-12-10-8-6-4-2/h33-34,37-38H,3-32,35-36,39-41H2,1-2H3,(H,49,50). The average Bonchev–Trinajstić information content (AvgIpc) is 3.59. The van der Waals surface area contributed by atoms with Crippen LogP contribution in [0.2, 0.25) is 0 Å². The number of oxazole rings is 1. The number of carbonyl (C=O) groups is 2. The molecular weight excluding hydrogens is 691 g/mol. The van der Waals surface area contributed by atoms with Crippen LogP contribution < -0.4 is 0 Å². The summed E-state index contributed by atoms with van der Waals surface area (Å²) in [6.07, 6.45) is 42.0. The Morgan fingerprint density at radius 1 is 0.574 bits per heavy atom. The van der Waals surface area contributed by atoms with Gasteiger partial charge in [-0.15, -0.1) is 0 Å². The molecule has 0 saturated heterocycles. The van der Waals surface area contributed by atoms with Crippen LogP contribution in [-0.2, 0) is 13.8 Å². The van der Waals surface area contributed by atoms with Gasteiger partial charge >= 0.3 is 11.9 Å². The number of carboxylic acid groups (broad SMARTS) is 1. The van der Waals surface area contributed by atoms with Crippen LogP contribution in [0, 0.1) is 5.41 Å². The quantitative estimate of drug-likeness (QED) is 0.0534. The lowest BCUT2D eigenvalue weighted by Crippen LogP contribution is -2.34. The Morgan fingerprint density at radius 3 is 1.28 bits per heavy atom. The van der Waals surface area contributed by atoms with Gasteiger partial charge in [0.05, 0.1) is 11.8 Å². The van der Waals surface area contributed by atoms with E-state index < -0.39 is 17.4 Å². The summed E-state index contributed by atoms with van der Waals surface area (Å²) in [4.78, 5) is 30.4. The highest BCUT2D eigenvalue weighted by Crippen LogP contribution is 2.39. The van der Waals surface area contributed by atoms with Gasteiger partial charge in [-0.3, -0.25) is 9.59 Å². The number of para-hydroxylation sites is 2. The van der Waals surface area contributed by atoms with Crippen molar-refractivity contribution < 1.29 is 23.3 Å². The molecule has 54 heavy (non-hydrogen) atoms. The van der Waals surface area contributed by atoms with Gasteiger partial charge in [-0.1, -0.05) is 231 Å². The Labute approximate surface area is 335 Å². The summed E-state index contributed by atoms with van der Waals surface area (Å²) in [5.41, 5.74) is 0.306. The molecule has 0 spiro atoms. The second-order valence-electron chi connectivity index (χ2n) is 16.4. The minimum atomic E-state index is -1.03. The molecular formula is C47H81NO5S. The number of aliphatic carboxylic acids is 1. The molecule has 2 rings (SSSR count). The monoisotopic (exact) mass is 772 g/mol. The molecule has 6 nitrogen and oxygen atoms in total. The first-order valence-electron chi connectivity index (χ1n) is 23.0. The predicted molar refractivity (Wildman–Crippen MR) is 229 cm³/mol. The first-order valence-corrected chi connectivity index (χ1v) is 23.7. The zero-order chi connectivity index (χ0) is 38.8. The predicted octanol–water partition coefficient (Wildman–Crippen LogP) is 16.1. The van der Waals surface area contributed by atoms with E-state index in [4.69, 9.17) is 8.60 Å². The lowest BCUT2D eigenvalue weighted by molar-refractivity contribution is -0.153. The van der Waals surface area contributed by atoms with E-state index in [2.05, 4.69) is 18.8 Å². The molecule has 0 aliphatic heterocycles. The van der Waals surface area contributed by atoms with Crippen molar-refractivity contribution in [3.63, 3.8) is 0 Å². The molecule has 0 aliphatic rings. The Kier molecular flexibility index (Phi) is 29.5. The van der Waals surface area contributed by atoms with Gasteiger partial charge in [0.15, 0.2) is 17.6 Å². The first-order chi connectivity index (χ1) is 26.5. The van der Waals surface area contributed by atoms with Gasteiger partial charge in [-0.25, -0.2) is 4.98 Å². The summed E-state index contributed by atoms with van der Waals surface area (Å²) >= 11 is 0.817. The highest BCUT2D eigenvalue weighted by Gasteiger charge is 2.42. The minimum Gasteiger partial charge on any atom is -0.481 e. The second kappa shape index (κ2) is 33.2. The summed E-state index contributed by atoms with van der Waals surface area (Å²) in [5, 5.41) is 10.3. The summed E-state index contributed by atoms with van der Waals surface area (Å²) in [6.45, 7) is 4.55. The lowest BCUT2D eigenvalue weighted by atomic mass is 9.75. The number of hydrogen-bond acceptors (Lipinski definition) is 6. The van der Waals surface area contributed by atoms with Crippen molar-refractivity contribution in [2.75, 3.05) is 0 Å². The molecule has 1 heterocycles. The molecule has 0 unspecified atom stereocenters. The van der Waals surface area contributed by atoms with Gasteiger partial charge in [0, 0.05) is 0 Å². The van der Waals surface area contributed by atoms with Gasteiger partial charge in [-0.05, 0) is 25.0 Å². The first kappa shape index (κ1) is 48.1. The molecule has 0 amide bonds. The average molecular weight is 772 g/mol. The molecule has 2 aromatic rings. The van der Waals surface area contributed by atoms with Crippen molar-refractivity contribution >= 4 is 35.1 Å². The number of nitrogens with zero attached hydrogens (tertiary/aromatic N) is 1. The van der Waals surface area contributed by atoms with E-state index in [1.54, 1.807) is 0 Å². The largest absolute Gasteiger partial charge is 0.481 e. The van der Waals surface area contributed by atoms with Crippen molar-refractivity contribution in [1.82, 2.24) is 4.98 Å². The molecule has 0 aliphatic carbocycles. The van der Waals surface area contributed by atoms with E-state index in [9.17, 15) is 14.7 Å². The van der Waals surface area contributed by atoms with Crippen LogP contribution in [0.15, 0.2) is 33.9 Å². The molecule has 310 valence electrons. The smallest absolute Gasteiger partial charge is 0.325 e. The number of unbranched alkanes of at least 4 members (excludes halogenated alkanes) is 30. The zero-order valence-electron chi connectivity index (χ0n) is 35.0. The number of carboxylic acids is 1. The molecule has 0 atom stereocenters. The fourth-order valence-electron chi connectivity index (χ4n) is 7.94. The summed E-state index contributed by atoms with van der Waals surface area (Å²) in [7, 11) is 0. The molecule has 1 aromatic heterocycles. The topological polar surface area (TPSA) is 89.6 Å². The SMILES string of the molecule is CCCCCCCCCCCCCCCCCCC(CCCCCCCCCCCCCCCCCC)(CC(=O)O)C(=O)OSc1nc2ccccc2o1. The third-order valence-electron chi connectivity index (χ3n) is 11.4. The van der Waals surface area contributed by atoms with Crippen LogP contribution in [0.25, 0.3) is 11.1 Å². The van der Waals surface area contributed by atoms with Crippen LogP contribution in [-0.4, -0.2) is 22.0 Å². The van der Waals surface area contributed by atoms with Gasteiger partial charge in [0.2, 0.25) is 0 Å². The number of rotatable bonds is 39. The van der Waals surface area contributed by atoms with E-state index in [0.717, 1.165) is 50.6 Å². The Bertz CT molecular complexity index is 1110. The maximum absolute atomic E-state index is 13.8. The molecule has 0 bridgehead atoms. The van der Waals surface area contributed by atoms with Gasteiger partial charge in [-0.2, -0.15) is 0 Å². The zero-order valence-corrected chi connectivity index (χ0v) is 35.8.